The fourth-order valence-corrected chi connectivity index (χ4v) is 1.91. The Kier molecular flexibility index (Phi) is 5.40. The van der Waals surface area contributed by atoms with Gasteiger partial charge < -0.3 is 10.8 Å². The summed E-state index contributed by atoms with van der Waals surface area (Å²) in [6.07, 6.45) is 0. The van der Waals surface area contributed by atoms with Crippen molar-refractivity contribution in [1.82, 2.24) is 0 Å². The number of rotatable bonds is 1. The van der Waals surface area contributed by atoms with E-state index in [1.54, 1.807) is 6.07 Å². The Morgan fingerprint density at radius 3 is 2.12 bits per heavy atom. The minimum absolute atomic E-state index is 0. The molecule has 3 N–H and O–H groups in total. The predicted octanol–water partition coefficient (Wildman–Crippen LogP) is 4.17. The second-order valence-corrected chi connectivity index (χ2v) is 5.51. The van der Waals surface area contributed by atoms with E-state index < -0.39 is 0 Å². The topological polar surface area (TPSA) is 46.2 Å². The molecule has 0 aliphatic heterocycles. The summed E-state index contributed by atoms with van der Waals surface area (Å²) in [5, 5.41) is 10.6. The maximum Gasteiger partial charge on any atom is 0.123 e. The maximum atomic E-state index is 9.76. The number of phenolic OH excluding ortho intramolecular Hbond substituents is 1. The summed E-state index contributed by atoms with van der Waals surface area (Å²) < 4.78 is 0. The van der Waals surface area contributed by atoms with Crippen LogP contribution in [0, 0.1) is 5.41 Å². The number of nitrogens with two attached hydrogens (primary N) is 1. The van der Waals surface area contributed by atoms with Crippen LogP contribution in [0.1, 0.15) is 32.4 Å². The highest BCUT2D eigenvalue weighted by Crippen LogP contribution is 2.40. The van der Waals surface area contributed by atoms with Crippen LogP contribution in [0.3, 0.4) is 0 Å². The Morgan fingerprint density at radius 1 is 1.25 bits per heavy atom. The van der Waals surface area contributed by atoms with Crippen LogP contribution in [0.25, 0.3) is 0 Å². The lowest BCUT2D eigenvalue weighted by molar-refractivity contribution is 0.318. The summed E-state index contributed by atoms with van der Waals surface area (Å²) in [6, 6.07) is 2.71. The largest absolute Gasteiger partial charge is 0.508 e. The van der Waals surface area contributed by atoms with Gasteiger partial charge in [0.15, 0.2) is 0 Å². The summed E-state index contributed by atoms with van der Waals surface area (Å²) in [4.78, 5) is 0. The molecule has 92 valence electrons. The van der Waals surface area contributed by atoms with Crippen molar-refractivity contribution < 1.29 is 5.11 Å². The highest BCUT2D eigenvalue weighted by molar-refractivity contribution is 6.35. The van der Waals surface area contributed by atoms with E-state index in [-0.39, 0.29) is 29.6 Å². The van der Waals surface area contributed by atoms with E-state index in [9.17, 15) is 5.11 Å². The Morgan fingerprint density at radius 2 is 1.75 bits per heavy atom. The van der Waals surface area contributed by atoms with Crippen LogP contribution in [0.15, 0.2) is 12.1 Å². The third-order valence-corrected chi connectivity index (χ3v) is 2.85. The summed E-state index contributed by atoms with van der Waals surface area (Å²) in [7, 11) is 0. The molecule has 0 unspecified atom stereocenters. The van der Waals surface area contributed by atoms with Gasteiger partial charge in [-0.2, -0.15) is 0 Å². The van der Waals surface area contributed by atoms with Crippen LogP contribution < -0.4 is 5.73 Å². The molecule has 0 fully saturated rings. The molecule has 0 radical (unpaired) electrons. The first kappa shape index (κ1) is 15.9. The lowest BCUT2D eigenvalue weighted by Crippen LogP contribution is -2.26. The minimum atomic E-state index is -0.331. The molecule has 16 heavy (non-hydrogen) atoms. The number of halogens is 3. The Hall–Kier alpha value is -0.150. The molecule has 0 heterocycles. The Balaban J connectivity index is 0.00000225. The average molecular weight is 285 g/mol. The molecule has 0 spiro atoms. The summed E-state index contributed by atoms with van der Waals surface area (Å²) in [5.74, 6) is 0.0509. The van der Waals surface area contributed by atoms with Crippen LogP contribution in [0.4, 0.5) is 0 Å². The minimum Gasteiger partial charge on any atom is -0.508 e. The molecular weight excluding hydrogens is 268 g/mol. The SMILES string of the molecule is CC(C)(C)[C@@H](N)c1c(O)cc(Cl)cc1Cl.Cl. The van der Waals surface area contributed by atoms with E-state index in [0.29, 0.717) is 15.6 Å². The van der Waals surface area contributed by atoms with Crippen LogP contribution in [0.2, 0.25) is 10.0 Å². The first-order valence-corrected chi connectivity index (χ1v) is 5.42. The van der Waals surface area contributed by atoms with Crippen molar-refractivity contribution >= 4 is 35.6 Å². The standard InChI is InChI=1S/C11H15Cl2NO.ClH/c1-11(2,3)10(14)9-7(13)4-6(12)5-8(9)15;/h4-5,10,15H,14H2,1-3H3;1H/t10-;/m0./s1. The van der Waals surface area contributed by atoms with Crippen LogP contribution in [0.5, 0.6) is 5.75 Å². The molecule has 0 aliphatic carbocycles. The second kappa shape index (κ2) is 5.46. The van der Waals surface area contributed by atoms with Crippen molar-refractivity contribution in [2.75, 3.05) is 0 Å². The van der Waals surface area contributed by atoms with Crippen molar-refractivity contribution in [3.05, 3.63) is 27.7 Å². The smallest absolute Gasteiger partial charge is 0.123 e. The van der Waals surface area contributed by atoms with Gasteiger partial charge in [-0.15, -0.1) is 12.4 Å². The maximum absolute atomic E-state index is 9.76. The Bertz CT molecular complexity index is 351. The van der Waals surface area contributed by atoms with Gasteiger partial charge in [0.05, 0.1) is 5.02 Å². The molecular formula is C11H16Cl3NO. The fraction of sp³-hybridized carbons (Fsp3) is 0.455. The van der Waals surface area contributed by atoms with Crippen LogP contribution >= 0.6 is 35.6 Å². The van der Waals surface area contributed by atoms with Crippen LogP contribution in [-0.4, -0.2) is 5.11 Å². The van der Waals surface area contributed by atoms with E-state index >= 15 is 0 Å². The first-order valence-electron chi connectivity index (χ1n) is 4.67. The lowest BCUT2D eigenvalue weighted by atomic mass is 9.83. The van der Waals surface area contributed by atoms with Gasteiger partial charge in [0, 0.05) is 16.6 Å². The molecule has 0 saturated carbocycles. The fourth-order valence-electron chi connectivity index (χ4n) is 1.31. The van der Waals surface area contributed by atoms with Crippen molar-refractivity contribution in [2.24, 2.45) is 11.1 Å². The summed E-state index contributed by atoms with van der Waals surface area (Å²) in [5.41, 5.74) is 6.41. The molecule has 0 aliphatic rings. The molecule has 1 aromatic carbocycles. The van der Waals surface area contributed by atoms with Crippen molar-refractivity contribution in [3.63, 3.8) is 0 Å². The number of benzene rings is 1. The number of phenols is 1. The lowest BCUT2D eigenvalue weighted by Gasteiger charge is -2.28. The normalized spacial score (nSPS) is 13.1. The number of aromatic hydroxyl groups is 1. The van der Waals surface area contributed by atoms with E-state index in [1.165, 1.54) is 6.07 Å². The zero-order chi connectivity index (χ0) is 11.8. The van der Waals surface area contributed by atoms with Gasteiger partial charge in [0.25, 0.3) is 0 Å². The molecule has 2 nitrogen and oxygen atoms in total. The van der Waals surface area contributed by atoms with Gasteiger partial charge >= 0.3 is 0 Å². The molecule has 0 bridgehead atoms. The van der Waals surface area contributed by atoms with Gasteiger partial charge in [-0.25, -0.2) is 0 Å². The molecule has 0 saturated heterocycles. The zero-order valence-corrected chi connectivity index (χ0v) is 11.7. The molecule has 5 heteroatoms. The zero-order valence-electron chi connectivity index (χ0n) is 9.42. The highest BCUT2D eigenvalue weighted by atomic mass is 35.5. The van der Waals surface area contributed by atoms with E-state index in [2.05, 4.69) is 0 Å². The molecule has 1 rings (SSSR count). The highest BCUT2D eigenvalue weighted by Gasteiger charge is 2.27. The quantitative estimate of drug-likeness (QED) is 0.813. The number of hydrogen-bond acceptors (Lipinski definition) is 2. The van der Waals surface area contributed by atoms with Gasteiger partial charge in [0.1, 0.15) is 5.75 Å². The summed E-state index contributed by atoms with van der Waals surface area (Å²) in [6.45, 7) is 5.96. The Labute approximate surface area is 112 Å². The van der Waals surface area contributed by atoms with E-state index in [0.717, 1.165) is 0 Å². The van der Waals surface area contributed by atoms with E-state index in [1.807, 2.05) is 20.8 Å². The van der Waals surface area contributed by atoms with Crippen molar-refractivity contribution in [2.45, 2.75) is 26.8 Å². The van der Waals surface area contributed by atoms with Crippen molar-refractivity contribution in [1.29, 1.82) is 0 Å². The van der Waals surface area contributed by atoms with Gasteiger partial charge in [-0.3, -0.25) is 0 Å². The average Bonchev–Trinajstić information content (AvgIpc) is 1.99. The molecule has 0 amide bonds. The molecule has 1 atom stereocenters. The molecule has 1 aromatic rings. The van der Waals surface area contributed by atoms with E-state index in [4.69, 9.17) is 28.9 Å². The monoisotopic (exact) mass is 283 g/mol. The van der Waals surface area contributed by atoms with Gasteiger partial charge in [-0.05, 0) is 17.5 Å². The number of hydrogen-bond donors (Lipinski definition) is 2. The van der Waals surface area contributed by atoms with Crippen LogP contribution in [-0.2, 0) is 0 Å². The van der Waals surface area contributed by atoms with Gasteiger partial charge in [0.2, 0.25) is 0 Å². The first-order chi connectivity index (χ1) is 6.73. The van der Waals surface area contributed by atoms with Gasteiger partial charge in [-0.1, -0.05) is 44.0 Å². The third kappa shape index (κ3) is 3.42. The second-order valence-electron chi connectivity index (χ2n) is 4.66. The summed E-state index contributed by atoms with van der Waals surface area (Å²) >= 11 is 11.8. The molecule has 0 aromatic heterocycles. The predicted molar refractivity (Wildman–Crippen MR) is 71.8 cm³/mol. The third-order valence-electron chi connectivity index (χ3n) is 2.32. The van der Waals surface area contributed by atoms with Crippen molar-refractivity contribution in [3.8, 4) is 5.75 Å².